The lowest BCUT2D eigenvalue weighted by Crippen LogP contribution is -2.23. The van der Waals surface area contributed by atoms with Crippen LogP contribution in [0.25, 0.3) is 0 Å². The molecule has 1 aromatic carbocycles. The van der Waals surface area contributed by atoms with E-state index in [1.54, 1.807) is 13.4 Å². The van der Waals surface area contributed by atoms with E-state index in [1.807, 2.05) is 24.3 Å². The third-order valence-electron chi connectivity index (χ3n) is 2.98. The Morgan fingerprint density at radius 1 is 1.45 bits per heavy atom. The van der Waals surface area contributed by atoms with Crippen LogP contribution >= 0.6 is 27.5 Å². The highest BCUT2D eigenvalue weighted by Crippen LogP contribution is 2.38. The average Bonchev–Trinajstić information content (AvgIpc) is 2.92. The van der Waals surface area contributed by atoms with Crippen molar-refractivity contribution in [2.75, 3.05) is 13.7 Å². The summed E-state index contributed by atoms with van der Waals surface area (Å²) < 4.78 is 11.9. The van der Waals surface area contributed by atoms with Crippen molar-refractivity contribution in [1.82, 2.24) is 5.32 Å². The minimum Gasteiger partial charge on any atom is -0.495 e. The Hall–Kier alpha value is -0.970. The first-order chi connectivity index (χ1) is 9.67. The van der Waals surface area contributed by atoms with Crippen LogP contribution in [-0.2, 0) is 0 Å². The molecule has 0 bridgehead atoms. The van der Waals surface area contributed by atoms with Gasteiger partial charge in [0.1, 0.15) is 11.5 Å². The van der Waals surface area contributed by atoms with Gasteiger partial charge in [-0.25, -0.2) is 0 Å². The summed E-state index contributed by atoms with van der Waals surface area (Å²) >= 11 is 9.66. The fraction of sp³-hybridized carbons (Fsp3) is 0.333. The van der Waals surface area contributed by atoms with Crippen molar-refractivity contribution in [3.05, 3.63) is 51.3 Å². The highest BCUT2D eigenvalue weighted by Gasteiger charge is 2.22. The smallest absolute Gasteiger partial charge is 0.138 e. The Morgan fingerprint density at radius 2 is 2.25 bits per heavy atom. The number of halogens is 2. The van der Waals surface area contributed by atoms with E-state index in [2.05, 4.69) is 28.2 Å². The van der Waals surface area contributed by atoms with Gasteiger partial charge in [-0.1, -0.05) is 18.5 Å². The second-order valence-corrected chi connectivity index (χ2v) is 5.70. The highest BCUT2D eigenvalue weighted by atomic mass is 79.9. The molecular formula is C15H17BrClNO2. The van der Waals surface area contributed by atoms with E-state index in [1.165, 1.54) is 0 Å². The summed E-state index contributed by atoms with van der Waals surface area (Å²) in [6, 6.07) is 7.46. The molecule has 1 aromatic heterocycles. The molecule has 0 aliphatic heterocycles. The van der Waals surface area contributed by atoms with E-state index in [0.717, 1.165) is 34.5 Å². The van der Waals surface area contributed by atoms with Crippen LogP contribution in [0.2, 0.25) is 5.02 Å². The molecule has 1 atom stereocenters. The van der Waals surface area contributed by atoms with Crippen molar-refractivity contribution in [2.24, 2.45) is 0 Å². The first-order valence-corrected chi connectivity index (χ1v) is 7.64. The maximum atomic E-state index is 6.17. The van der Waals surface area contributed by atoms with Crippen molar-refractivity contribution in [2.45, 2.75) is 19.4 Å². The van der Waals surface area contributed by atoms with Gasteiger partial charge in [-0.05, 0) is 53.2 Å². The summed E-state index contributed by atoms with van der Waals surface area (Å²) in [5, 5.41) is 4.12. The van der Waals surface area contributed by atoms with Gasteiger partial charge in [-0.3, -0.25) is 0 Å². The number of ether oxygens (including phenoxy) is 1. The summed E-state index contributed by atoms with van der Waals surface area (Å²) in [7, 11) is 1.65. The SMILES string of the molecule is CCCNC(c1ccco1)c1cc(Cl)cc(Br)c1OC. The number of hydrogen-bond donors (Lipinski definition) is 1. The van der Waals surface area contributed by atoms with Crippen LogP contribution in [-0.4, -0.2) is 13.7 Å². The second-order valence-electron chi connectivity index (χ2n) is 4.41. The number of rotatable bonds is 6. The van der Waals surface area contributed by atoms with Gasteiger partial charge in [0.05, 0.1) is 23.9 Å². The van der Waals surface area contributed by atoms with Crippen molar-refractivity contribution in [1.29, 1.82) is 0 Å². The van der Waals surface area contributed by atoms with Crippen molar-refractivity contribution < 1.29 is 9.15 Å². The molecule has 0 fully saturated rings. The molecule has 0 aliphatic rings. The van der Waals surface area contributed by atoms with Crippen molar-refractivity contribution >= 4 is 27.5 Å². The third kappa shape index (κ3) is 3.37. The maximum absolute atomic E-state index is 6.17. The van der Waals surface area contributed by atoms with E-state index in [4.69, 9.17) is 20.8 Å². The summed E-state index contributed by atoms with van der Waals surface area (Å²) in [6.07, 6.45) is 2.70. The van der Waals surface area contributed by atoms with Gasteiger partial charge in [-0.2, -0.15) is 0 Å². The van der Waals surface area contributed by atoms with E-state index >= 15 is 0 Å². The molecule has 0 amide bonds. The minimum absolute atomic E-state index is 0.0881. The Morgan fingerprint density at radius 3 is 2.85 bits per heavy atom. The molecular weight excluding hydrogens is 342 g/mol. The average molecular weight is 359 g/mol. The van der Waals surface area contributed by atoms with E-state index < -0.39 is 0 Å². The van der Waals surface area contributed by atoms with Gasteiger partial charge in [0.25, 0.3) is 0 Å². The fourth-order valence-electron chi connectivity index (χ4n) is 2.12. The number of hydrogen-bond acceptors (Lipinski definition) is 3. The van der Waals surface area contributed by atoms with Gasteiger partial charge < -0.3 is 14.5 Å². The molecule has 0 aliphatic carbocycles. The van der Waals surface area contributed by atoms with Crippen LogP contribution in [0, 0.1) is 0 Å². The largest absolute Gasteiger partial charge is 0.495 e. The lowest BCUT2D eigenvalue weighted by Gasteiger charge is -2.20. The van der Waals surface area contributed by atoms with E-state index in [0.29, 0.717) is 5.02 Å². The molecule has 108 valence electrons. The molecule has 2 rings (SSSR count). The predicted octanol–water partition coefficient (Wildman–Crippen LogP) is 4.79. The topological polar surface area (TPSA) is 34.4 Å². The van der Waals surface area contributed by atoms with Crippen LogP contribution in [0.15, 0.2) is 39.4 Å². The van der Waals surface area contributed by atoms with Gasteiger partial charge in [0.2, 0.25) is 0 Å². The molecule has 1 N–H and O–H groups in total. The fourth-order valence-corrected chi connectivity index (χ4v) is 3.11. The lowest BCUT2D eigenvalue weighted by molar-refractivity contribution is 0.390. The molecule has 5 heteroatoms. The van der Waals surface area contributed by atoms with Crippen LogP contribution in [0.4, 0.5) is 0 Å². The minimum atomic E-state index is -0.0881. The summed E-state index contributed by atoms with van der Waals surface area (Å²) in [6.45, 7) is 3.00. The Labute approximate surface area is 132 Å². The first kappa shape index (κ1) is 15.4. The molecule has 1 unspecified atom stereocenters. The molecule has 2 aromatic rings. The summed E-state index contributed by atoms with van der Waals surface area (Å²) in [5.41, 5.74) is 0.954. The lowest BCUT2D eigenvalue weighted by atomic mass is 10.0. The summed E-state index contributed by atoms with van der Waals surface area (Å²) in [5.74, 6) is 1.60. The quantitative estimate of drug-likeness (QED) is 0.806. The molecule has 0 spiro atoms. The second kappa shape index (κ2) is 7.16. The van der Waals surface area contributed by atoms with E-state index in [9.17, 15) is 0 Å². The number of benzene rings is 1. The standard InChI is InChI=1S/C15H17BrClNO2/c1-3-6-18-14(13-5-4-7-20-13)11-8-10(17)9-12(16)15(11)19-2/h4-5,7-9,14,18H,3,6H2,1-2H3. The zero-order chi connectivity index (χ0) is 14.5. The zero-order valence-corrected chi connectivity index (χ0v) is 13.8. The Bertz CT molecular complexity index is 557. The third-order valence-corrected chi connectivity index (χ3v) is 3.79. The Kier molecular flexibility index (Phi) is 5.52. The predicted molar refractivity (Wildman–Crippen MR) is 84.5 cm³/mol. The Balaban J connectivity index is 2.47. The van der Waals surface area contributed by atoms with Gasteiger partial charge in [-0.15, -0.1) is 0 Å². The van der Waals surface area contributed by atoms with Crippen LogP contribution < -0.4 is 10.1 Å². The number of nitrogens with one attached hydrogen (secondary N) is 1. The molecule has 0 radical (unpaired) electrons. The first-order valence-electron chi connectivity index (χ1n) is 6.47. The molecule has 3 nitrogen and oxygen atoms in total. The monoisotopic (exact) mass is 357 g/mol. The number of methoxy groups -OCH3 is 1. The van der Waals surface area contributed by atoms with Crippen molar-refractivity contribution in [3.8, 4) is 5.75 Å². The van der Waals surface area contributed by atoms with Crippen LogP contribution in [0.5, 0.6) is 5.75 Å². The molecule has 0 saturated heterocycles. The highest BCUT2D eigenvalue weighted by molar-refractivity contribution is 9.10. The van der Waals surface area contributed by atoms with Gasteiger partial charge in [0, 0.05) is 10.6 Å². The van der Waals surface area contributed by atoms with Gasteiger partial charge in [0.15, 0.2) is 0 Å². The van der Waals surface area contributed by atoms with Crippen LogP contribution in [0.3, 0.4) is 0 Å². The molecule has 0 saturated carbocycles. The van der Waals surface area contributed by atoms with Gasteiger partial charge >= 0.3 is 0 Å². The zero-order valence-electron chi connectivity index (χ0n) is 11.5. The van der Waals surface area contributed by atoms with Crippen LogP contribution in [0.1, 0.15) is 30.7 Å². The van der Waals surface area contributed by atoms with E-state index in [-0.39, 0.29) is 6.04 Å². The normalized spacial score (nSPS) is 12.4. The molecule has 1 heterocycles. The maximum Gasteiger partial charge on any atom is 0.138 e. The number of furan rings is 1. The van der Waals surface area contributed by atoms with Crippen molar-refractivity contribution in [3.63, 3.8) is 0 Å². The summed E-state index contributed by atoms with van der Waals surface area (Å²) in [4.78, 5) is 0. The molecule has 20 heavy (non-hydrogen) atoms.